The zero-order chi connectivity index (χ0) is 13.4. The smallest absolute Gasteiger partial charge is 0.418 e. The first kappa shape index (κ1) is 13.8. The lowest BCUT2D eigenvalue weighted by atomic mass is 10.4. The Morgan fingerprint density at radius 1 is 1.17 bits per heavy atom. The minimum absolute atomic E-state index is 0.281. The van der Waals surface area contributed by atoms with E-state index in [0.717, 1.165) is 13.0 Å². The SMILES string of the molecule is C=CN1CC=COC1=O.C=CN1CCCOC1=O. The fourth-order valence-electron chi connectivity index (χ4n) is 1.29. The first-order valence-electron chi connectivity index (χ1n) is 5.50. The molecule has 2 amide bonds. The van der Waals surface area contributed by atoms with Gasteiger partial charge < -0.3 is 9.47 Å². The molecule has 0 saturated carbocycles. The molecule has 0 spiro atoms. The normalized spacial score (nSPS) is 18.2. The average Bonchev–Trinajstić information content (AvgIpc) is 2.41. The zero-order valence-electron chi connectivity index (χ0n) is 10.1. The minimum Gasteiger partial charge on any atom is -0.449 e. The molecule has 0 aromatic rings. The van der Waals surface area contributed by atoms with E-state index in [-0.39, 0.29) is 12.2 Å². The molecule has 1 fully saturated rings. The first-order chi connectivity index (χ1) is 8.69. The molecule has 0 radical (unpaired) electrons. The molecule has 2 heterocycles. The molecule has 6 nitrogen and oxygen atoms in total. The molecule has 0 unspecified atom stereocenters. The predicted molar refractivity (Wildman–Crippen MR) is 65.4 cm³/mol. The molecule has 98 valence electrons. The summed E-state index contributed by atoms with van der Waals surface area (Å²) in [6.07, 6.45) is 6.29. The van der Waals surface area contributed by atoms with Crippen molar-refractivity contribution in [1.29, 1.82) is 0 Å². The van der Waals surface area contributed by atoms with Crippen LogP contribution in [0.3, 0.4) is 0 Å². The van der Waals surface area contributed by atoms with Crippen LogP contribution in [-0.4, -0.2) is 41.7 Å². The van der Waals surface area contributed by atoms with Crippen LogP contribution >= 0.6 is 0 Å². The summed E-state index contributed by atoms with van der Waals surface area (Å²) in [7, 11) is 0. The second-order valence-corrected chi connectivity index (χ2v) is 3.43. The summed E-state index contributed by atoms with van der Waals surface area (Å²) in [5.41, 5.74) is 0. The molecule has 0 atom stereocenters. The number of hydrogen-bond donors (Lipinski definition) is 0. The van der Waals surface area contributed by atoms with Gasteiger partial charge in [0, 0.05) is 25.5 Å². The van der Waals surface area contributed by atoms with E-state index in [4.69, 9.17) is 4.74 Å². The van der Waals surface area contributed by atoms with Crippen LogP contribution in [0.2, 0.25) is 0 Å². The zero-order valence-corrected chi connectivity index (χ0v) is 10.1. The highest BCUT2D eigenvalue weighted by Gasteiger charge is 2.15. The molecule has 0 bridgehead atoms. The molecule has 0 aromatic heterocycles. The summed E-state index contributed by atoms with van der Waals surface area (Å²) in [5.74, 6) is 0. The van der Waals surface area contributed by atoms with Crippen molar-refractivity contribution in [1.82, 2.24) is 9.80 Å². The number of cyclic esters (lactones) is 2. The van der Waals surface area contributed by atoms with Crippen LogP contribution in [-0.2, 0) is 9.47 Å². The maximum absolute atomic E-state index is 10.7. The monoisotopic (exact) mass is 252 g/mol. The standard InChI is InChI=1S/C6H9NO2.C6H7NO2/c2*1-2-7-4-3-5-9-6(7)8/h2H,1,3-5H2;2-3,5H,1,4H2. The Morgan fingerprint density at radius 2 is 1.89 bits per heavy atom. The van der Waals surface area contributed by atoms with Crippen molar-refractivity contribution in [2.24, 2.45) is 0 Å². The Morgan fingerprint density at radius 3 is 2.33 bits per heavy atom. The number of carbonyl (C=O) groups excluding carboxylic acids is 2. The van der Waals surface area contributed by atoms with Crippen molar-refractivity contribution in [2.75, 3.05) is 19.7 Å². The lowest BCUT2D eigenvalue weighted by Crippen LogP contribution is -2.33. The topological polar surface area (TPSA) is 59.1 Å². The fraction of sp³-hybridized carbons (Fsp3) is 0.333. The molecular weight excluding hydrogens is 236 g/mol. The summed E-state index contributed by atoms with van der Waals surface area (Å²) < 4.78 is 9.21. The third-order valence-corrected chi connectivity index (χ3v) is 2.25. The Balaban J connectivity index is 0.000000180. The third kappa shape index (κ3) is 3.97. The number of ether oxygens (including phenoxy) is 2. The molecule has 6 heteroatoms. The summed E-state index contributed by atoms with van der Waals surface area (Å²) in [5, 5.41) is 0. The lowest BCUT2D eigenvalue weighted by Gasteiger charge is -2.21. The molecular formula is C12H16N2O4. The molecule has 1 saturated heterocycles. The van der Waals surface area contributed by atoms with Crippen molar-refractivity contribution in [3.8, 4) is 0 Å². The second kappa shape index (κ2) is 7.16. The van der Waals surface area contributed by atoms with Gasteiger partial charge in [-0.3, -0.25) is 9.80 Å². The van der Waals surface area contributed by atoms with E-state index >= 15 is 0 Å². The van der Waals surface area contributed by atoms with Gasteiger partial charge in [0.05, 0.1) is 12.9 Å². The van der Waals surface area contributed by atoms with Crippen molar-refractivity contribution in [3.63, 3.8) is 0 Å². The molecule has 2 rings (SSSR count). The minimum atomic E-state index is -0.368. The highest BCUT2D eigenvalue weighted by Crippen LogP contribution is 2.03. The Kier molecular flexibility index (Phi) is 5.50. The van der Waals surface area contributed by atoms with Gasteiger partial charge in [0.15, 0.2) is 0 Å². The Labute approximate surface area is 106 Å². The van der Waals surface area contributed by atoms with Crippen LogP contribution in [0.15, 0.2) is 37.9 Å². The number of hydrogen-bond acceptors (Lipinski definition) is 4. The third-order valence-electron chi connectivity index (χ3n) is 2.25. The predicted octanol–water partition coefficient (Wildman–Crippen LogP) is 2.07. The average molecular weight is 252 g/mol. The summed E-state index contributed by atoms with van der Waals surface area (Å²) in [6, 6.07) is 0. The number of carbonyl (C=O) groups is 2. The van der Waals surface area contributed by atoms with Gasteiger partial charge in [0.2, 0.25) is 0 Å². The summed E-state index contributed by atoms with van der Waals surface area (Å²) in [4.78, 5) is 24.1. The van der Waals surface area contributed by atoms with Gasteiger partial charge in [-0.1, -0.05) is 13.2 Å². The molecule has 2 aliphatic heterocycles. The summed E-state index contributed by atoms with van der Waals surface area (Å²) >= 11 is 0. The highest BCUT2D eigenvalue weighted by atomic mass is 16.6. The second-order valence-electron chi connectivity index (χ2n) is 3.43. The molecule has 0 N–H and O–H groups in total. The summed E-state index contributed by atoms with van der Waals surface area (Å²) in [6.45, 7) is 8.73. The van der Waals surface area contributed by atoms with Crippen molar-refractivity contribution >= 4 is 12.2 Å². The first-order valence-corrected chi connectivity index (χ1v) is 5.50. The van der Waals surface area contributed by atoms with Crippen LogP contribution < -0.4 is 0 Å². The van der Waals surface area contributed by atoms with Crippen molar-refractivity contribution in [3.05, 3.63) is 37.9 Å². The fourth-order valence-corrected chi connectivity index (χ4v) is 1.29. The lowest BCUT2D eigenvalue weighted by molar-refractivity contribution is 0.0905. The van der Waals surface area contributed by atoms with Crippen LogP contribution in [0.25, 0.3) is 0 Å². The van der Waals surface area contributed by atoms with Crippen LogP contribution in [0.1, 0.15) is 6.42 Å². The number of nitrogens with zero attached hydrogens (tertiary/aromatic N) is 2. The van der Waals surface area contributed by atoms with Gasteiger partial charge in [-0.05, 0) is 12.5 Å². The van der Waals surface area contributed by atoms with E-state index < -0.39 is 0 Å². The molecule has 18 heavy (non-hydrogen) atoms. The van der Waals surface area contributed by atoms with Crippen molar-refractivity contribution in [2.45, 2.75) is 6.42 Å². The maximum atomic E-state index is 10.7. The quantitative estimate of drug-likeness (QED) is 0.754. The van der Waals surface area contributed by atoms with Crippen LogP contribution in [0.4, 0.5) is 9.59 Å². The highest BCUT2D eigenvalue weighted by molar-refractivity contribution is 5.70. The van der Waals surface area contributed by atoms with Crippen molar-refractivity contribution < 1.29 is 19.1 Å². The Hall–Kier alpha value is -2.24. The van der Waals surface area contributed by atoms with Crippen LogP contribution in [0.5, 0.6) is 0 Å². The van der Waals surface area contributed by atoms with E-state index in [2.05, 4.69) is 17.9 Å². The molecule has 0 aliphatic carbocycles. The van der Waals surface area contributed by atoms with Gasteiger partial charge in [-0.2, -0.15) is 0 Å². The van der Waals surface area contributed by atoms with E-state index in [1.165, 1.54) is 28.5 Å². The van der Waals surface area contributed by atoms with Crippen LogP contribution in [0, 0.1) is 0 Å². The van der Waals surface area contributed by atoms with E-state index in [1.807, 2.05) is 0 Å². The number of rotatable bonds is 2. The van der Waals surface area contributed by atoms with Gasteiger partial charge in [-0.15, -0.1) is 0 Å². The molecule has 2 aliphatic rings. The number of amides is 2. The van der Waals surface area contributed by atoms with Gasteiger partial charge in [0.25, 0.3) is 0 Å². The largest absolute Gasteiger partial charge is 0.449 e. The van der Waals surface area contributed by atoms with E-state index in [0.29, 0.717) is 13.2 Å². The van der Waals surface area contributed by atoms with E-state index in [9.17, 15) is 9.59 Å². The van der Waals surface area contributed by atoms with Gasteiger partial charge >= 0.3 is 12.2 Å². The molecule has 0 aromatic carbocycles. The maximum Gasteiger partial charge on any atom is 0.418 e. The Bertz CT molecular complexity index is 365. The van der Waals surface area contributed by atoms with Gasteiger partial charge in [-0.25, -0.2) is 9.59 Å². The van der Waals surface area contributed by atoms with E-state index in [1.54, 1.807) is 6.08 Å². The van der Waals surface area contributed by atoms with Gasteiger partial charge in [0.1, 0.15) is 0 Å².